The third-order valence-electron chi connectivity index (χ3n) is 2.94. The predicted molar refractivity (Wildman–Crippen MR) is 72.6 cm³/mol. The van der Waals surface area contributed by atoms with E-state index in [1.54, 1.807) is 6.92 Å². The quantitative estimate of drug-likeness (QED) is 0.712. The summed E-state index contributed by atoms with van der Waals surface area (Å²) in [4.78, 5) is 23.9. The molecule has 20 heavy (non-hydrogen) atoms. The molecular weight excluding hydrogens is 262 g/mol. The number of esters is 1. The number of rotatable bonds is 5. The monoisotopic (exact) mass is 281 g/mol. The van der Waals surface area contributed by atoms with Gasteiger partial charge in [-0.3, -0.25) is 4.79 Å². The van der Waals surface area contributed by atoms with E-state index >= 15 is 0 Å². The van der Waals surface area contributed by atoms with Crippen LogP contribution in [0.5, 0.6) is 11.5 Å². The van der Waals surface area contributed by atoms with Gasteiger partial charge in [0.05, 0.1) is 7.11 Å². The topological polar surface area (TPSA) is 95.9 Å². The Kier molecular flexibility index (Phi) is 4.96. The van der Waals surface area contributed by atoms with Crippen molar-refractivity contribution in [2.24, 2.45) is 0 Å². The van der Waals surface area contributed by atoms with Crippen molar-refractivity contribution in [3.05, 3.63) is 23.8 Å². The van der Waals surface area contributed by atoms with Gasteiger partial charge in [0.15, 0.2) is 0 Å². The molecular formula is C14H19NO5. The summed E-state index contributed by atoms with van der Waals surface area (Å²) >= 11 is 0. The van der Waals surface area contributed by atoms with Gasteiger partial charge >= 0.3 is 5.97 Å². The lowest BCUT2D eigenvalue weighted by Gasteiger charge is -2.27. The number of hydrogen-bond acceptors (Lipinski definition) is 5. The van der Waals surface area contributed by atoms with Crippen molar-refractivity contribution in [1.29, 1.82) is 0 Å². The maximum Gasteiger partial charge on any atom is 0.331 e. The highest BCUT2D eigenvalue weighted by molar-refractivity contribution is 5.98. The molecule has 1 aromatic rings. The van der Waals surface area contributed by atoms with Crippen LogP contribution in [-0.2, 0) is 9.53 Å². The summed E-state index contributed by atoms with van der Waals surface area (Å²) in [5.74, 6) is -1.58. The fraction of sp³-hybridized carbons (Fsp3) is 0.429. The molecule has 0 heterocycles. The van der Waals surface area contributed by atoms with Gasteiger partial charge in [-0.15, -0.1) is 0 Å². The summed E-state index contributed by atoms with van der Waals surface area (Å²) in [6.07, 6.45) is 1.09. The van der Waals surface area contributed by atoms with Crippen molar-refractivity contribution in [3.8, 4) is 11.5 Å². The fourth-order valence-corrected chi connectivity index (χ4v) is 1.99. The van der Waals surface area contributed by atoms with E-state index in [0.717, 1.165) is 6.07 Å². The zero-order chi connectivity index (χ0) is 15.3. The van der Waals surface area contributed by atoms with Gasteiger partial charge in [-0.1, -0.05) is 13.3 Å². The first-order valence-corrected chi connectivity index (χ1v) is 6.26. The third kappa shape index (κ3) is 3.63. The van der Waals surface area contributed by atoms with Crippen LogP contribution in [0.3, 0.4) is 0 Å². The second-order valence-electron chi connectivity index (χ2n) is 4.77. The van der Waals surface area contributed by atoms with E-state index < -0.39 is 17.4 Å². The molecule has 6 nitrogen and oxygen atoms in total. The van der Waals surface area contributed by atoms with Crippen molar-refractivity contribution in [2.75, 3.05) is 7.11 Å². The first kappa shape index (κ1) is 15.8. The van der Waals surface area contributed by atoms with Crippen LogP contribution in [0.4, 0.5) is 0 Å². The number of carbonyl (C=O) groups is 2. The summed E-state index contributed by atoms with van der Waals surface area (Å²) in [5.41, 5.74) is -1.09. The fourth-order valence-electron chi connectivity index (χ4n) is 1.99. The molecule has 0 saturated heterocycles. The number of phenols is 2. The van der Waals surface area contributed by atoms with E-state index in [2.05, 4.69) is 5.32 Å². The third-order valence-corrected chi connectivity index (χ3v) is 2.94. The van der Waals surface area contributed by atoms with Crippen LogP contribution >= 0.6 is 0 Å². The van der Waals surface area contributed by atoms with Crippen molar-refractivity contribution < 1.29 is 24.5 Å². The zero-order valence-electron chi connectivity index (χ0n) is 11.8. The first-order chi connectivity index (χ1) is 9.32. The molecule has 1 amide bonds. The summed E-state index contributed by atoms with van der Waals surface area (Å²) < 4.78 is 4.70. The van der Waals surface area contributed by atoms with Gasteiger partial charge in [-0.05, 0) is 25.5 Å². The number of benzene rings is 1. The van der Waals surface area contributed by atoms with Crippen LogP contribution < -0.4 is 5.32 Å². The largest absolute Gasteiger partial charge is 0.508 e. The molecule has 0 bridgehead atoms. The average molecular weight is 281 g/mol. The predicted octanol–water partition coefficient (Wildman–Crippen LogP) is 1.56. The second kappa shape index (κ2) is 6.27. The van der Waals surface area contributed by atoms with Crippen LogP contribution in [0.1, 0.15) is 37.0 Å². The Morgan fingerprint density at radius 2 is 1.80 bits per heavy atom. The molecule has 0 fully saturated rings. The van der Waals surface area contributed by atoms with E-state index in [-0.39, 0.29) is 17.1 Å². The lowest BCUT2D eigenvalue weighted by molar-refractivity contribution is -0.147. The molecule has 0 spiro atoms. The molecule has 1 atom stereocenters. The van der Waals surface area contributed by atoms with Crippen LogP contribution in [0.15, 0.2) is 18.2 Å². The van der Waals surface area contributed by atoms with E-state index in [9.17, 15) is 19.8 Å². The molecule has 1 unspecified atom stereocenters. The Morgan fingerprint density at radius 3 is 2.25 bits per heavy atom. The highest BCUT2D eigenvalue weighted by atomic mass is 16.5. The Morgan fingerprint density at radius 1 is 1.25 bits per heavy atom. The average Bonchev–Trinajstić information content (AvgIpc) is 2.36. The summed E-state index contributed by atoms with van der Waals surface area (Å²) in [5, 5.41) is 21.3. The van der Waals surface area contributed by atoms with Gasteiger partial charge in [-0.2, -0.15) is 0 Å². The molecule has 0 aliphatic rings. The van der Waals surface area contributed by atoms with Gasteiger partial charge < -0.3 is 20.3 Å². The van der Waals surface area contributed by atoms with Crippen LogP contribution in [0, 0.1) is 0 Å². The smallest absolute Gasteiger partial charge is 0.331 e. The molecule has 3 N–H and O–H groups in total. The maximum absolute atomic E-state index is 12.1. The highest BCUT2D eigenvalue weighted by Crippen LogP contribution is 2.22. The number of ether oxygens (including phenoxy) is 1. The number of phenolic OH excluding ortho intramolecular Hbond substituents is 2. The van der Waals surface area contributed by atoms with Crippen molar-refractivity contribution in [1.82, 2.24) is 5.32 Å². The normalized spacial score (nSPS) is 13.3. The van der Waals surface area contributed by atoms with E-state index in [4.69, 9.17) is 4.74 Å². The number of methoxy groups -OCH3 is 1. The van der Waals surface area contributed by atoms with E-state index in [1.165, 1.54) is 19.2 Å². The van der Waals surface area contributed by atoms with Gasteiger partial charge in [0.2, 0.25) is 0 Å². The number of nitrogens with one attached hydrogen (secondary N) is 1. The van der Waals surface area contributed by atoms with Crippen molar-refractivity contribution >= 4 is 11.9 Å². The Balaban J connectivity index is 2.99. The summed E-state index contributed by atoms with van der Waals surface area (Å²) in [6.45, 7) is 3.45. The number of amides is 1. The lowest BCUT2D eigenvalue weighted by atomic mass is 9.95. The van der Waals surface area contributed by atoms with Crippen LogP contribution in [0.2, 0.25) is 0 Å². The first-order valence-electron chi connectivity index (χ1n) is 6.26. The standard InChI is InChI=1S/C14H19NO5/c1-4-5-14(2,13(19)20-3)15-12(18)9-6-10(16)8-11(17)7-9/h6-8,16-17H,4-5H2,1-3H3,(H,15,18). The Bertz CT molecular complexity index is 494. The van der Waals surface area contributed by atoms with Gasteiger partial charge in [-0.25, -0.2) is 4.79 Å². The summed E-state index contributed by atoms with van der Waals surface area (Å²) in [6, 6.07) is 3.53. The minimum atomic E-state index is -1.15. The molecule has 0 radical (unpaired) electrons. The molecule has 0 aliphatic carbocycles. The van der Waals surface area contributed by atoms with Crippen molar-refractivity contribution in [2.45, 2.75) is 32.2 Å². The molecule has 1 rings (SSSR count). The zero-order valence-corrected chi connectivity index (χ0v) is 11.8. The second-order valence-corrected chi connectivity index (χ2v) is 4.77. The SMILES string of the molecule is CCCC(C)(NC(=O)c1cc(O)cc(O)c1)C(=O)OC. The minimum Gasteiger partial charge on any atom is -0.508 e. The molecule has 0 saturated carbocycles. The van der Waals surface area contributed by atoms with Gasteiger partial charge in [0, 0.05) is 11.6 Å². The lowest BCUT2D eigenvalue weighted by Crippen LogP contribution is -2.52. The Hall–Kier alpha value is -2.24. The number of carbonyl (C=O) groups excluding carboxylic acids is 2. The Labute approximate surface area is 117 Å². The summed E-state index contributed by atoms with van der Waals surface area (Å²) in [7, 11) is 1.25. The molecule has 1 aromatic carbocycles. The maximum atomic E-state index is 12.1. The van der Waals surface area contributed by atoms with Crippen LogP contribution in [0.25, 0.3) is 0 Å². The number of aromatic hydroxyl groups is 2. The van der Waals surface area contributed by atoms with Gasteiger partial charge in [0.1, 0.15) is 17.0 Å². The molecule has 0 aromatic heterocycles. The van der Waals surface area contributed by atoms with E-state index in [1.807, 2.05) is 6.92 Å². The molecule has 6 heteroatoms. The van der Waals surface area contributed by atoms with Crippen molar-refractivity contribution in [3.63, 3.8) is 0 Å². The molecule has 0 aliphatic heterocycles. The van der Waals surface area contributed by atoms with Crippen LogP contribution in [-0.4, -0.2) is 34.7 Å². The minimum absolute atomic E-state index is 0.0636. The highest BCUT2D eigenvalue weighted by Gasteiger charge is 2.35. The molecule has 110 valence electrons. The number of hydrogen-bond donors (Lipinski definition) is 3. The van der Waals surface area contributed by atoms with E-state index in [0.29, 0.717) is 12.8 Å². The van der Waals surface area contributed by atoms with Gasteiger partial charge in [0.25, 0.3) is 5.91 Å².